The molecule has 0 saturated carbocycles. The highest BCUT2D eigenvalue weighted by Gasteiger charge is 2.29. The van der Waals surface area contributed by atoms with Crippen molar-refractivity contribution >= 4 is 27.2 Å². The van der Waals surface area contributed by atoms with Crippen LogP contribution in [-0.4, -0.2) is 44.9 Å². The molecule has 28 heavy (non-hydrogen) atoms. The number of carbonyl (C=O) groups is 1. The van der Waals surface area contributed by atoms with Gasteiger partial charge in [0.1, 0.15) is 10.7 Å². The number of hydrogen-bond donors (Lipinski definition) is 1. The Morgan fingerprint density at radius 1 is 1.14 bits per heavy atom. The third-order valence-corrected chi connectivity index (χ3v) is 6.28. The van der Waals surface area contributed by atoms with Crippen LogP contribution in [0.2, 0.25) is 0 Å². The van der Waals surface area contributed by atoms with Gasteiger partial charge in [-0.05, 0) is 36.3 Å². The molecule has 1 heterocycles. The summed E-state index contributed by atoms with van der Waals surface area (Å²) in [5.41, 5.74) is 1.85. The molecule has 1 aliphatic heterocycles. The quantitative estimate of drug-likeness (QED) is 0.778. The molecule has 0 spiro atoms. The minimum Gasteiger partial charge on any atom is -0.379 e. The Morgan fingerprint density at radius 2 is 1.82 bits per heavy atom. The minimum absolute atomic E-state index is 0.164. The first-order valence-corrected chi connectivity index (χ1v) is 10.2. The molecule has 2 aromatic carbocycles. The number of allylic oxidation sites excluding steroid dienone is 1. The average molecular weight is 404 g/mol. The lowest BCUT2D eigenvalue weighted by atomic mass is 10.1. The van der Waals surface area contributed by atoms with E-state index in [1.54, 1.807) is 6.92 Å². The first-order valence-electron chi connectivity index (χ1n) is 8.80. The maximum absolute atomic E-state index is 14.2. The van der Waals surface area contributed by atoms with E-state index in [9.17, 15) is 17.6 Å². The number of morpholine rings is 1. The number of carbonyl (C=O) groups excluding carboxylic acids is 1. The van der Waals surface area contributed by atoms with Crippen molar-refractivity contribution in [3.8, 4) is 0 Å². The number of amides is 1. The lowest BCUT2D eigenvalue weighted by Gasteiger charge is -2.26. The Morgan fingerprint density at radius 3 is 2.50 bits per heavy atom. The zero-order valence-electron chi connectivity index (χ0n) is 15.4. The molecule has 3 rings (SSSR count). The van der Waals surface area contributed by atoms with Crippen molar-refractivity contribution in [1.29, 1.82) is 0 Å². The Balaban J connectivity index is 1.80. The van der Waals surface area contributed by atoms with Crippen molar-refractivity contribution in [2.24, 2.45) is 0 Å². The fourth-order valence-corrected chi connectivity index (χ4v) is 4.36. The number of nitrogens with zero attached hydrogens (tertiary/aromatic N) is 1. The molecule has 0 aromatic heterocycles. The summed E-state index contributed by atoms with van der Waals surface area (Å²) in [5.74, 6) is -1.29. The second-order valence-corrected chi connectivity index (χ2v) is 8.25. The molecule has 0 atom stereocenters. The van der Waals surface area contributed by atoms with Gasteiger partial charge in [0.15, 0.2) is 0 Å². The van der Waals surface area contributed by atoms with E-state index < -0.39 is 26.6 Å². The summed E-state index contributed by atoms with van der Waals surface area (Å²) >= 11 is 0. The van der Waals surface area contributed by atoms with Crippen LogP contribution >= 0.6 is 0 Å². The fourth-order valence-electron chi connectivity index (χ4n) is 2.86. The number of ether oxygens (including phenoxy) is 1. The van der Waals surface area contributed by atoms with Crippen molar-refractivity contribution in [2.75, 3.05) is 31.6 Å². The van der Waals surface area contributed by atoms with Crippen LogP contribution in [0.1, 0.15) is 12.5 Å². The molecule has 148 valence electrons. The van der Waals surface area contributed by atoms with Crippen molar-refractivity contribution < 1.29 is 22.3 Å². The van der Waals surface area contributed by atoms with Gasteiger partial charge in [-0.25, -0.2) is 12.8 Å². The molecule has 2 aromatic rings. The minimum atomic E-state index is -4.01. The van der Waals surface area contributed by atoms with Gasteiger partial charge in [-0.2, -0.15) is 4.31 Å². The molecule has 0 bridgehead atoms. The Hall–Kier alpha value is -2.55. The molecule has 1 fully saturated rings. The predicted octanol–water partition coefficient (Wildman–Crippen LogP) is 2.89. The van der Waals surface area contributed by atoms with Crippen LogP contribution in [0.3, 0.4) is 0 Å². The maximum atomic E-state index is 14.2. The van der Waals surface area contributed by atoms with Gasteiger partial charge < -0.3 is 10.1 Å². The largest absolute Gasteiger partial charge is 0.379 e. The molecular formula is C20H21FN2O4S. The van der Waals surface area contributed by atoms with E-state index in [-0.39, 0.29) is 32.0 Å². The number of nitrogens with one attached hydrogen (secondary N) is 1. The number of hydrogen-bond acceptors (Lipinski definition) is 4. The van der Waals surface area contributed by atoms with Crippen LogP contribution in [0.25, 0.3) is 5.57 Å². The third-order valence-electron chi connectivity index (χ3n) is 4.36. The van der Waals surface area contributed by atoms with E-state index in [0.29, 0.717) is 0 Å². The van der Waals surface area contributed by atoms with Gasteiger partial charge in [0.05, 0.1) is 13.2 Å². The lowest BCUT2D eigenvalue weighted by Crippen LogP contribution is -2.40. The summed E-state index contributed by atoms with van der Waals surface area (Å²) in [6.07, 6.45) is 1.41. The summed E-state index contributed by atoms with van der Waals surface area (Å²) in [6.45, 7) is 2.66. The summed E-state index contributed by atoms with van der Waals surface area (Å²) in [6, 6.07) is 12.9. The van der Waals surface area contributed by atoms with Crippen molar-refractivity contribution in [2.45, 2.75) is 11.8 Å². The highest BCUT2D eigenvalue weighted by atomic mass is 32.2. The summed E-state index contributed by atoms with van der Waals surface area (Å²) < 4.78 is 46.0. The fraction of sp³-hybridized carbons (Fsp3) is 0.250. The van der Waals surface area contributed by atoms with Crippen LogP contribution in [0.4, 0.5) is 10.1 Å². The average Bonchev–Trinajstić information content (AvgIpc) is 2.70. The van der Waals surface area contributed by atoms with Gasteiger partial charge in [-0.3, -0.25) is 4.79 Å². The van der Waals surface area contributed by atoms with E-state index in [1.165, 1.54) is 16.4 Å². The van der Waals surface area contributed by atoms with Gasteiger partial charge >= 0.3 is 0 Å². The highest BCUT2D eigenvalue weighted by molar-refractivity contribution is 7.89. The molecule has 8 heteroatoms. The van der Waals surface area contributed by atoms with Crippen molar-refractivity contribution in [3.63, 3.8) is 0 Å². The number of halogens is 1. The molecular weight excluding hydrogens is 383 g/mol. The molecule has 0 radical (unpaired) electrons. The molecule has 6 nitrogen and oxygen atoms in total. The van der Waals surface area contributed by atoms with Gasteiger partial charge in [-0.1, -0.05) is 30.3 Å². The molecule has 1 N–H and O–H groups in total. The topological polar surface area (TPSA) is 75.7 Å². The summed E-state index contributed by atoms with van der Waals surface area (Å²) in [7, 11) is -4.01. The van der Waals surface area contributed by atoms with Crippen molar-refractivity contribution in [3.05, 3.63) is 66.0 Å². The van der Waals surface area contributed by atoms with E-state index in [4.69, 9.17) is 4.74 Å². The van der Waals surface area contributed by atoms with Gasteiger partial charge in [0.25, 0.3) is 0 Å². The number of sulfonamides is 1. The van der Waals surface area contributed by atoms with E-state index in [1.807, 2.05) is 30.3 Å². The monoisotopic (exact) mass is 404 g/mol. The molecule has 0 aliphatic carbocycles. The van der Waals surface area contributed by atoms with Crippen molar-refractivity contribution in [1.82, 2.24) is 4.31 Å². The van der Waals surface area contributed by atoms with Crippen LogP contribution in [-0.2, 0) is 19.6 Å². The van der Waals surface area contributed by atoms with Crippen LogP contribution in [0, 0.1) is 5.82 Å². The number of anilines is 1. The Bertz CT molecular complexity index is 985. The van der Waals surface area contributed by atoms with E-state index in [0.717, 1.165) is 23.3 Å². The van der Waals surface area contributed by atoms with E-state index in [2.05, 4.69) is 5.32 Å². The third kappa shape index (κ3) is 4.64. The zero-order chi connectivity index (χ0) is 20.1. The smallest absolute Gasteiger partial charge is 0.248 e. The van der Waals surface area contributed by atoms with Gasteiger partial charge in [-0.15, -0.1) is 0 Å². The maximum Gasteiger partial charge on any atom is 0.248 e. The summed E-state index contributed by atoms with van der Waals surface area (Å²) in [4.78, 5) is 11.8. The second-order valence-electron chi connectivity index (χ2n) is 6.34. The second kappa shape index (κ2) is 8.64. The molecule has 1 amide bonds. The predicted molar refractivity (Wildman–Crippen MR) is 105 cm³/mol. The normalized spacial score (nSPS) is 16.0. The standard InChI is InChI=1S/C20H21FN2O4S/c1-15(16-5-3-2-4-6-16)13-20(24)22-17-7-8-18(21)19(14-17)28(25,26)23-9-11-27-12-10-23/h2-8,13-14H,9-12H2,1H3,(H,22,24)/b15-13-. The molecule has 1 saturated heterocycles. The number of rotatable bonds is 5. The first-order chi connectivity index (χ1) is 13.4. The van der Waals surface area contributed by atoms with E-state index >= 15 is 0 Å². The highest BCUT2D eigenvalue weighted by Crippen LogP contribution is 2.24. The lowest BCUT2D eigenvalue weighted by molar-refractivity contribution is -0.111. The Labute approximate surface area is 163 Å². The first kappa shape index (κ1) is 20.2. The zero-order valence-corrected chi connectivity index (χ0v) is 16.2. The van der Waals surface area contributed by atoms with Crippen LogP contribution < -0.4 is 5.32 Å². The van der Waals surface area contributed by atoms with Gasteiger partial charge in [0, 0.05) is 24.9 Å². The van der Waals surface area contributed by atoms with Crippen LogP contribution in [0.15, 0.2) is 59.5 Å². The van der Waals surface area contributed by atoms with Gasteiger partial charge in [0.2, 0.25) is 15.9 Å². The van der Waals surface area contributed by atoms with Crippen LogP contribution in [0.5, 0.6) is 0 Å². The summed E-state index contributed by atoms with van der Waals surface area (Å²) in [5, 5.41) is 2.60. The molecule has 1 aliphatic rings. The Kier molecular flexibility index (Phi) is 6.23. The molecule has 0 unspecified atom stereocenters. The number of benzene rings is 2. The SMILES string of the molecule is C/C(=C/C(=O)Nc1ccc(F)c(S(=O)(=O)N2CCOCC2)c1)c1ccccc1.